The molecule has 1 aliphatic heterocycles. The van der Waals surface area contributed by atoms with Crippen LogP contribution in [0.3, 0.4) is 0 Å². The van der Waals surface area contributed by atoms with E-state index in [0.29, 0.717) is 5.92 Å². The largest absolute Gasteiger partial charge is 0.411 e. The molecule has 1 N–H and O–H groups in total. The quantitative estimate of drug-likeness (QED) is 0.406. The predicted molar refractivity (Wildman–Crippen MR) is 105 cm³/mol. The van der Waals surface area contributed by atoms with Crippen molar-refractivity contribution in [1.29, 1.82) is 0 Å². The van der Waals surface area contributed by atoms with Crippen LogP contribution in [-0.4, -0.2) is 24.1 Å². The SMILES string of the molecule is Cc1ccccc1C(CC(=NO)C1CCOCC1)c1ccc(Br)cc1. The Kier molecular flexibility index (Phi) is 6.27. The summed E-state index contributed by atoms with van der Waals surface area (Å²) in [5.74, 6) is 0.490. The molecule has 2 aromatic rings. The lowest BCUT2D eigenvalue weighted by Crippen LogP contribution is -2.25. The standard InChI is InChI=1S/C21H24BrNO2/c1-15-4-2-3-5-19(15)20(16-6-8-18(22)9-7-16)14-21(23-24)17-10-12-25-13-11-17/h2-9,17,20,24H,10-14H2,1H3. The van der Waals surface area contributed by atoms with Crippen molar-refractivity contribution in [3.05, 3.63) is 69.7 Å². The van der Waals surface area contributed by atoms with Crippen LogP contribution < -0.4 is 0 Å². The maximum absolute atomic E-state index is 9.67. The van der Waals surface area contributed by atoms with Crippen LogP contribution in [0.2, 0.25) is 0 Å². The van der Waals surface area contributed by atoms with Crippen LogP contribution in [0.15, 0.2) is 58.2 Å². The fraction of sp³-hybridized carbons (Fsp3) is 0.381. The lowest BCUT2D eigenvalue weighted by molar-refractivity contribution is 0.0814. The molecule has 1 unspecified atom stereocenters. The molecular weight excluding hydrogens is 378 g/mol. The maximum Gasteiger partial charge on any atom is 0.0612 e. The van der Waals surface area contributed by atoms with E-state index in [9.17, 15) is 5.21 Å². The Morgan fingerprint density at radius 1 is 1.16 bits per heavy atom. The van der Waals surface area contributed by atoms with Gasteiger partial charge in [0.05, 0.1) is 5.71 Å². The normalized spacial score (nSPS) is 17.4. The minimum Gasteiger partial charge on any atom is -0.411 e. The highest BCUT2D eigenvalue weighted by Crippen LogP contribution is 2.34. The molecule has 0 aromatic heterocycles. The monoisotopic (exact) mass is 401 g/mol. The number of benzene rings is 2. The molecular formula is C21H24BrNO2. The fourth-order valence-electron chi connectivity index (χ4n) is 3.61. The Balaban J connectivity index is 1.93. The summed E-state index contributed by atoms with van der Waals surface area (Å²) in [6.07, 6.45) is 2.59. The van der Waals surface area contributed by atoms with Gasteiger partial charge in [-0.15, -0.1) is 0 Å². The summed E-state index contributed by atoms with van der Waals surface area (Å²) in [5.41, 5.74) is 4.68. The molecule has 1 saturated heterocycles. The van der Waals surface area contributed by atoms with Crippen molar-refractivity contribution in [2.75, 3.05) is 13.2 Å². The molecule has 25 heavy (non-hydrogen) atoms. The highest BCUT2D eigenvalue weighted by Gasteiger charge is 2.25. The number of ether oxygens (including phenoxy) is 1. The molecule has 0 amide bonds. The first-order valence-corrected chi connectivity index (χ1v) is 9.58. The molecule has 0 aliphatic carbocycles. The van der Waals surface area contributed by atoms with E-state index in [0.717, 1.165) is 42.7 Å². The highest BCUT2D eigenvalue weighted by atomic mass is 79.9. The van der Waals surface area contributed by atoms with Gasteiger partial charge in [-0.05, 0) is 48.6 Å². The number of halogens is 1. The van der Waals surface area contributed by atoms with E-state index in [2.05, 4.69) is 76.5 Å². The molecule has 1 fully saturated rings. The van der Waals surface area contributed by atoms with Gasteiger partial charge in [0, 0.05) is 35.9 Å². The van der Waals surface area contributed by atoms with E-state index in [-0.39, 0.29) is 5.92 Å². The Morgan fingerprint density at radius 2 is 1.84 bits per heavy atom. The zero-order valence-electron chi connectivity index (χ0n) is 14.5. The van der Waals surface area contributed by atoms with Crippen molar-refractivity contribution in [2.45, 2.75) is 32.1 Å². The van der Waals surface area contributed by atoms with Gasteiger partial charge in [-0.2, -0.15) is 0 Å². The van der Waals surface area contributed by atoms with Gasteiger partial charge in [-0.25, -0.2) is 0 Å². The van der Waals surface area contributed by atoms with Crippen molar-refractivity contribution in [2.24, 2.45) is 11.1 Å². The van der Waals surface area contributed by atoms with Gasteiger partial charge in [-0.1, -0.05) is 57.5 Å². The Morgan fingerprint density at radius 3 is 2.48 bits per heavy atom. The minimum absolute atomic E-state index is 0.183. The Hall–Kier alpha value is -1.65. The van der Waals surface area contributed by atoms with Crippen molar-refractivity contribution >= 4 is 21.6 Å². The van der Waals surface area contributed by atoms with E-state index in [1.165, 1.54) is 16.7 Å². The molecule has 1 heterocycles. The van der Waals surface area contributed by atoms with E-state index in [1.807, 2.05) is 0 Å². The zero-order valence-corrected chi connectivity index (χ0v) is 16.1. The van der Waals surface area contributed by atoms with Crippen molar-refractivity contribution in [1.82, 2.24) is 0 Å². The number of nitrogens with zero attached hydrogens (tertiary/aromatic N) is 1. The summed E-state index contributed by atoms with van der Waals surface area (Å²) >= 11 is 3.51. The van der Waals surface area contributed by atoms with Crippen LogP contribution in [0.1, 0.15) is 41.9 Å². The molecule has 4 heteroatoms. The van der Waals surface area contributed by atoms with E-state index in [1.54, 1.807) is 0 Å². The number of aryl methyl sites for hydroxylation is 1. The third kappa shape index (κ3) is 4.50. The molecule has 0 spiro atoms. The fourth-order valence-corrected chi connectivity index (χ4v) is 3.87. The van der Waals surface area contributed by atoms with E-state index < -0.39 is 0 Å². The van der Waals surface area contributed by atoms with Gasteiger partial charge >= 0.3 is 0 Å². The lowest BCUT2D eigenvalue weighted by atomic mass is 9.81. The average molecular weight is 402 g/mol. The Labute approximate surface area is 157 Å². The van der Waals surface area contributed by atoms with E-state index >= 15 is 0 Å². The molecule has 0 saturated carbocycles. The molecule has 1 atom stereocenters. The maximum atomic E-state index is 9.67. The molecule has 3 rings (SSSR count). The van der Waals surface area contributed by atoms with Crippen LogP contribution in [0, 0.1) is 12.8 Å². The summed E-state index contributed by atoms with van der Waals surface area (Å²) in [7, 11) is 0. The molecule has 3 nitrogen and oxygen atoms in total. The van der Waals surface area contributed by atoms with Crippen LogP contribution in [0.25, 0.3) is 0 Å². The Bertz CT molecular complexity index is 721. The summed E-state index contributed by atoms with van der Waals surface area (Å²) < 4.78 is 6.53. The number of rotatable bonds is 5. The molecule has 1 aliphatic rings. The second kappa shape index (κ2) is 8.63. The first-order chi connectivity index (χ1) is 12.2. The predicted octanol–water partition coefficient (Wildman–Crippen LogP) is 5.54. The van der Waals surface area contributed by atoms with Gasteiger partial charge in [0.2, 0.25) is 0 Å². The van der Waals surface area contributed by atoms with Crippen LogP contribution >= 0.6 is 15.9 Å². The zero-order chi connectivity index (χ0) is 17.6. The molecule has 0 bridgehead atoms. The first kappa shape index (κ1) is 18.2. The van der Waals surface area contributed by atoms with Crippen molar-refractivity contribution in [3.8, 4) is 0 Å². The second-order valence-corrected chi connectivity index (χ2v) is 7.56. The van der Waals surface area contributed by atoms with Crippen molar-refractivity contribution < 1.29 is 9.94 Å². The first-order valence-electron chi connectivity index (χ1n) is 8.78. The molecule has 0 radical (unpaired) electrons. The average Bonchev–Trinajstić information content (AvgIpc) is 2.65. The summed E-state index contributed by atoms with van der Waals surface area (Å²) in [6, 6.07) is 16.9. The van der Waals surface area contributed by atoms with Gasteiger partial charge < -0.3 is 9.94 Å². The summed E-state index contributed by atoms with van der Waals surface area (Å²) in [6.45, 7) is 3.64. The van der Waals surface area contributed by atoms with Crippen LogP contribution in [0.4, 0.5) is 0 Å². The van der Waals surface area contributed by atoms with Gasteiger partial charge in [-0.3, -0.25) is 0 Å². The van der Waals surface area contributed by atoms with Gasteiger partial charge in [0.15, 0.2) is 0 Å². The van der Waals surface area contributed by atoms with E-state index in [4.69, 9.17) is 4.74 Å². The number of oxime groups is 1. The van der Waals surface area contributed by atoms with Crippen LogP contribution in [0.5, 0.6) is 0 Å². The summed E-state index contributed by atoms with van der Waals surface area (Å²) in [5, 5.41) is 13.4. The second-order valence-electron chi connectivity index (χ2n) is 6.64. The molecule has 2 aromatic carbocycles. The van der Waals surface area contributed by atoms with Gasteiger partial charge in [0.1, 0.15) is 0 Å². The topological polar surface area (TPSA) is 41.8 Å². The molecule has 132 valence electrons. The third-order valence-corrected chi connectivity index (χ3v) is 5.60. The number of hydrogen-bond acceptors (Lipinski definition) is 3. The minimum atomic E-state index is 0.183. The highest BCUT2D eigenvalue weighted by molar-refractivity contribution is 9.10. The lowest BCUT2D eigenvalue weighted by Gasteiger charge is -2.27. The third-order valence-electron chi connectivity index (χ3n) is 5.07. The van der Waals surface area contributed by atoms with Gasteiger partial charge in [0.25, 0.3) is 0 Å². The number of hydrogen-bond donors (Lipinski definition) is 1. The van der Waals surface area contributed by atoms with Crippen LogP contribution in [-0.2, 0) is 4.74 Å². The summed E-state index contributed by atoms with van der Waals surface area (Å²) in [4.78, 5) is 0. The smallest absolute Gasteiger partial charge is 0.0612 e. The van der Waals surface area contributed by atoms with Crippen molar-refractivity contribution in [3.63, 3.8) is 0 Å².